The molecule has 0 aliphatic carbocycles. The quantitative estimate of drug-likeness (QED) is 0.594. The third-order valence-corrected chi connectivity index (χ3v) is 2.44. The van der Waals surface area contributed by atoms with Gasteiger partial charge in [-0.05, 0) is 13.3 Å². The summed E-state index contributed by atoms with van der Waals surface area (Å²) in [4.78, 5) is 11.4. The predicted molar refractivity (Wildman–Crippen MR) is 63.4 cm³/mol. The van der Waals surface area contributed by atoms with Crippen LogP contribution in [0.1, 0.15) is 20.3 Å². The molecule has 0 aromatic carbocycles. The molecule has 2 atom stereocenters. The molecular formula is C11H24N2O3. The van der Waals surface area contributed by atoms with Crippen LogP contribution in [0.15, 0.2) is 0 Å². The molecule has 1 amide bonds. The van der Waals surface area contributed by atoms with Crippen LogP contribution in [0.3, 0.4) is 0 Å². The molecule has 5 nitrogen and oxygen atoms in total. The van der Waals surface area contributed by atoms with Crippen molar-refractivity contribution in [2.24, 2.45) is 0 Å². The predicted octanol–water partition coefficient (Wildman–Crippen LogP) is 0.152. The van der Waals surface area contributed by atoms with Crippen molar-refractivity contribution < 1.29 is 14.3 Å². The zero-order valence-corrected chi connectivity index (χ0v) is 10.7. The van der Waals surface area contributed by atoms with Gasteiger partial charge in [-0.1, -0.05) is 6.92 Å². The van der Waals surface area contributed by atoms with Gasteiger partial charge in [0.1, 0.15) is 0 Å². The lowest BCUT2D eigenvalue weighted by atomic mass is 10.2. The number of carbonyl (C=O) groups excluding carboxylic acids is 1. The highest BCUT2D eigenvalue weighted by Gasteiger charge is 2.09. The Morgan fingerprint density at radius 3 is 2.56 bits per heavy atom. The van der Waals surface area contributed by atoms with E-state index in [0.717, 1.165) is 6.42 Å². The molecule has 0 aliphatic rings. The van der Waals surface area contributed by atoms with Crippen molar-refractivity contribution in [2.75, 3.05) is 33.9 Å². The van der Waals surface area contributed by atoms with Gasteiger partial charge in [-0.2, -0.15) is 0 Å². The van der Waals surface area contributed by atoms with Crippen LogP contribution in [-0.2, 0) is 14.3 Å². The Hall–Kier alpha value is -0.650. The van der Waals surface area contributed by atoms with Gasteiger partial charge in [0.25, 0.3) is 0 Å². The summed E-state index contributed by atoms with van der Waals surface area (Å²) in [7, 11) is 3.21. The number of nitrogens with one attached hydrogen (secondary N) is 2. The molecule has 0 saturated heterocycles. The van der Waals surface area contributed by atoms with E-state index in [0.29, 0.717) is 25.7 Å². The van der Waals surface area contributed by atoms with Gasteiger partial charge in [0, 0.05) is 26.8 Å². The second kappa shape index (κ2) is 9.57. The van der Waals surface area contributed by atoms with Crippen LogP contribution in [0.5, 0.6) is 0 Å². The Bertz CT molecular complexity index is 188. The molecule has 0 aliphatic heterocycles. The molecule has 0 radical (unpaired) electrons. The molecule has 0 heterocycles. The summed E-state index contributed by atoms with van der Waals surface area (Å²) in [6, 6.07) is 0.364. The van der Waals surface area contributed by atoms with Crippen molar-refractivity contribution in [3.8, 4) is 0 Å². The van der Waals surface area contributed by atoms with Crippen molar-refractivity contribution in [1.29, 1.82) is 0 Å². The number of rotatable bonds is 9. The minimum atomic E-state index is -0.0856. The minimum Gasteiger partial charge on any atom is -0.382 e. The van der Waals surface area contributed by atoms with Gasteiger partial charge < -0.3 is 20.1 Å². The summed E-state index contributed by atoms with van der Waals surface area (Å²) in [5.74, 6) is -0.0153. The Kier molecular flexibility index (Phi) is 9.18. The van der Waals surface area contributed by atoms with E-state index in [1.54, 1.807) is 14.2 Å². The van der Waals surface area contributed by atoms with Crippen molar-refractivity contribution in [1.82, 2.24) is 10.6 Å². The van der Waals surface area contributed by atoms with Crippen LogP contribution in [0.25, 0.3) is 0 Å². The van der Waals surface area contributed by atoms with Crippen LogP contribution in [0, 0.1) is 0 Å². The first kappa shape index (κ1) is 15.3. The molecule has 96 valence electrons. The summed E-state index contributed by atoms with van der Waals surface area (Å²) >= 11 is 0. The Morgan fingerprint density at radius 2 is 2.06 bits per heavy atom. The molecule has 0 fully saturated rings. The third kappa shape index (κ3) is 7.62. The van der Waals surface area contributed by atoms with Crippen molar-refractivity contribution >= 4 is 5.91 Å². The van der Waals surface area contributed by atoms with Gasteiger partial charge in [-0.15, -0.1) is 0 Å². The summed E-state index contributed by atoms with van der Waals surface area (Å²) in [6.45, 7) is 5.44. The molecule has 5 heteroatoms. The highest BCUT2D eigenvalue weighted by molar-refractivity contribution is 5.78. The largest absolute Gasteiger partial charge is 0.382 e. The molecule has 0 spiro atoms. The molecule has 0 bridgehead atoms. The lowest BCUT2D eigenvalue weighted by Crippen LogP contribution is -2.41. The maximum Gasteiger partial charge on any atom is 0.234 e. The standard InChI is InChI=1S/C11H24N2O3/c1-5-9(2)12-7-11(14)13-6-10(16-4)8-15-3/h9-10,12H,5-8H2,1-4H3,(H,13,14). The summed E-state index contributed by atoms with van der Waals surface area (Å²) in [6.07, 6.45) is 0.926. The van der Waals surface area contributed by atoms with Gasteiger partial charge in [0.2, 0.25) is 5.91 Å². The number of ether oxygens (including phenoxy) is 2. The summed E-state index contributed by atoms with van der Waals surface area (Å²) < 4.78 is 10.1. The van der Waals surface area contributed by atoms with Crippen LogP contribution < -0.4 is 10.6 Å². The van der Waals surface area contributed by atoms with Gasteiger partial charge in [-0.3, -0.25) is 4.79 Å². The van der Waals surface area contributed by atoms with Gasteiger partial charge in [-0.25, -0.2) is 0 Å². The van der Waals surface area contributed by atoms with Crippen LogP contribution in [0.2, 0.25) is 0 Å². The highest BCUT2D eigenvalue weighted by atomic mass is 16.5. The number of hydrogen-bond acceptors (Lipinski definition) is 4. The van der Waals surface area contributed by atoms with E-state index in [-0.39, 0.29) is 12.0 Å². The SMILES string of the molecule is CCC(C)NCC(=O)NCC(COC)OC. The van der Waals surface area contributed by atoms with Gasteiger partial charge in [0.15, 0.2) is 0 Å². The van der Waals surface area contributed by atoms with E-state index < -0.39 is 0 Å². The molecule has 0 aromatic heterocycles. The molecule has 2 N–H and O–H groups in total. The fourth-order valence-electron chi connectivity index (χ4n) is 1.10. The number of methoxy groups -OCH3 is 2. The zero-order chi connectivity index (χ0) is 12.4. The van der Waals surface area contributed by atoms with E-state index >= 15 is 0 Å². The van der Waals surface area contributed by atoms with Crippen molar-refractivity contribution in [3.05, 3.63) is 0 Å². The first-order valence-electron chi connectivity index (χ1n) is 5.65. The van der Waals surface area contributed by atoms with Crippen LogP contribution in [0.4, 0.5) is 0 Å². The number of hydrogen-bond donors (Lipinski definition) is 2. The topological polar surface area (TPSA) is 59.6 Å². The lowest BCUT2D eigenvalue weighted by Gasteiger charge is -2.16. The highest BCUT2D eigenvalue weighted by Crippen LogP contribution is 1.89. The number of carbonyl (C=O) groups is 1. The van der Waals surface area contributed by atoms with E-state index in [9.17, 15) is 4.79 Å². The second-order valence-corrected chi connectivity index (χ2v) is 3.81. The average Bonchev–Trinajstić information content (AvgIpc) is 2.31. The fourth-order valence-corrected chi connectivity index (χ4v) is 1.10. The smallest absolute Gasteiger partial charge is 0.234 e. The lowest BCUT2D eigenvalue weighted by molar-refractivity contribution is -0.121. The molecule has 0 saturated carbocycles. The minimum absolute atomic E-state index is 0.0153. The molecule has 2 unspecified atom stereocenters. The Balaban J connectivity index is 3.62. The van der Waals surface area contributed by atoms with E-state index in [2.05, 4.69) is 24.5 Å². The third-order valence-electron chi connectivity index (χ3n) is 2.44. The second-order valence-electron chi connectivity index (χ2n) is 3.81. The molecule has 0 aromatic rings. The Labute approximate surface area is 97.9 Å². The van der Waals surface area contributed by atoms with Gasteiger partial charge >= 0.3 is 0 Å². The monoisotopic (exact) mass is 232 g/mol. The first-order valence-corrected chi connectivity index (χ1v) is 5.65. The van der Waals surface area contributed by atoms with Crippen LogP contribution in [-0.4, -0.2) is 52.0 Å². The normalized spacial score (nSPS) is 14.5. The maximum atomic E-state index is 11.4. The number of amides is 1. The fraction of sp³-hybridized carbons (Fsp3) is 0.909. The molecular weight excluding hydrogens is 208 g/mol. The van der Waals surface area contributed by atoms with E-state index in [4.69, 9.17) is 9.47 Å². The van der Waals surface area contributed by atoms with Crippen molar-refractivity contribution in [2.45, 2.75) is 32.4 Å². The summed E-state index contributed by atoms with van der Waals surface area (Å²) in [5, 5.41) is 5.91. The van der Waals surface area contributed by atoms with Crippen LogP contribution >= 0.6 is 0 Å². The van der Waals surface area contributed by atoms with Crippen molar-refractivity contribution in [3.63, 3.8) is 0 Å². The zero-order valence-electron chi connectivity index (χ0n) is 10.7. The maximum absolute atomic E-state index is 11.4. The van der Waals surface area contributed by atoms with E-state index in [1.165, 1.54) is 0 Å². The average molecular weight is 232 g/mol. The first-order chi connectivity index (χ1) is 7.63. The van der Waals surface area contributed by atoms with Gasteiger partial charge in [0.05, 0.1) is 19.3 Å². The summed E-state index contributed by atoms with van der Waals surface area (Å²) in [5.41, 5.74) is 0. The molecule has 16 heavy (non-hydrogen) atoms. The van der Waals surface area contributed by atoms with E-state index in [1.807, 2.05) is 0 Å². The Morgan fingerprint density at radius 1 is 1.38 bits per heavy atom. The molecule has 0 rings (SSSR count).